The third kappa shape index (κ3) is 3.17. The second-order valence-electron chi connectivity index (χ2n) is 14.6. The molecule has 2 spiro atoms. The van der Waals surface area contributed by atoms with Crippen molar-refractivity contribution in [3.63, 3.8) is 0 Å². The molecule has 3 saturated carbocycles. The fourth-order valence-electron chi connectivity index (χ4n) is 11.0. The quantitative estimate of drug-likeness (QED) is 0.402. The summed E-state index contributed by atoms with van der Waals surface area (Å²) in [5, 5.41) is 12.7. The molecule has 3 saturated heterocycles. The molecule has 3 aliphatic carbocycles. The van der Waals surface area contributed by atoms with E-state index in [-0.39, 0.29) is 60.2 Å². The van der Waals surface area contributed by atoms with Crippen molar-refractivity contribution in [2.75, 3.05) is 0 Å². The molecule has 40 heavy (non-hydrogen) atoms. The monoisotopic (exact) mass is 558 g/mol. The Morgan fingerprint density at radius 3 is 2.50 bits per heavy atom. The Kier molecular flexibility index (Phi) is 5.45. The predicted molar refractivity (Wildman–Crippen MR) is 140 cm³/mol. The summed E-state index contributed by atoms with van der Waals surface area (Å²) >= 11 is 0. The molecule has 7 aliphatic rings. The van der Waals surface area contributed by atoms with Gasteiger partial charge in [0.15, 0.2) is 0 Å². The van der Waals surface area contributed by atoms with Gasteiger partial charge in [0.25, 0.3) is 0 Å². The van der Waals surface area contributed by atoms with Gasteiger partial charge in [-0.15, -0.1) is 0 Å². The zero-order valence-electron chi connectivity index (χ0n) is 24.4. The summed E-state index contributed by atoms with van der Waals surface area (Å²) in [6, 6.07) is 0. The second kappa shape index (κ2) is 8.10. The summed E-state index contributed by atoms with van der Waals surface area (Å²) < 4.78 is 31.5. The highest BCUT2D eigenvalue weighted by atomic mass is 16.6. The summed E-state index contributed by atoms with van der Waals surface area (Å²) in [6.45, 7) is 11.6. The molecule has 7 rings (SSSR count). The van der Waals surface area contributed by atoms with E-state index in [1.165, 1.54) is 6.92 Å². The molecule has 9 nitrogen and oxygen atoms in total. The molecule has 4 heterocycles. The molecule has 0 aromatic rings. The summed E-state index contributed by atoms with van der Waals surface area (Å²) in [5.74, 6) is -1.11. The summed E-state index contributed by atoms with van der Waals surface area (Å²) in [6.07, 6.45) is 3.86. The number of rotatable bonds is 2. The van der Waals surface area contributed by atoms with Crippen molar-refractivity contribution in [3.8, 4) is 0 Å². The molecule has 0 aromatic carbocycles. The number of carbonyl (C=O) groups is 3. The molecule has 9 heteroatoms. The van der Waals surface area contributed by atoms with E-state index in [1.807, 2.05) is 6.08 Å². The van der Waals surface area contributed by atoms with Gasteiger partial charge in [-0.25, -0.2) is 4.79 Å². The van der Waals surface area contributed by atoms with Gasteiger partial charge in [-0.1, -0.05) is 13.8 Å². The molecule has 0 aromatic heterocycles. The molecule has 220 valence electrons. The Bertz CT molecular complexity index is 1210. The first-order valence-electron chi connectivity index (χ1n) is 15.0. The number of hydrogen-bond acceptors (Lipinski definition) is 9. The fraction of sp³-hybridized carbons (Fsp3) is 0.839. The molecule has 0 bridgehead atoms. The van der Waals surface area contributed by atoms with E-state index < -0.39 is 40.0 Å². The first-order valence-corrected chi connectivity index (χ1v) is 15.0. The van der Waals surface area contributed by atoms with Gasteiger partial charge in [0.2, 0.25) is 0 Å². The zero-order chi connectivity index (χ0) is 28.6. The average molecular weight is 559 g/mol. The minimum atomic E-state index is -1.16. The first-order chi connectivity index (χ1) is 18.7. The van der Waals surface area contributed by atoms with Crippen LogP contribution in [0.3, 0.4) is 0 Å². The van der Waals surface area contributed by atoms with E-state index in [2.05, 4.69) is 27.7 Å². The topological polar surface area (TPSA) is 118 Å². The number of aliphatic hydroxyl groups is 1. The van der Waals surface area contributed by atoms with Crippen molar-refractivity contribution >= 4 is 17.9 Å². The van der Waals surface area contributed by atoms with Crippen molar-refractivity contribution in [1.29, 1.82) is 0 Å². The maximum absolute atomic E-state index is 12.7. The van der Waals surface area contributed by atoms with Gasteiger partial charge >= 0.3 is 17.9 Å². The zero-order valence-corrected chi connectivity index (χ0v) is 24.4. The first kappa shape index (κ1) is 26.9. The van der Waals surface area contributed by atoms with Crippen molar-refractivity contribution in [2.45, 2.75) is 133 Å². The molecule has 1 N–H and O–H groups in total. The maximum atomic E-state index is 12.7. The van der Waals surface area contributed by atoms with Gasteiger partial charge in [-0.3, -0.25) is 9.59 Å². The van der Waals surface area contributed by atoms with Crippen LogP contribution >= 0.6 is 0 Å². The van der Waals surface area contributed by atoms with Crippen molar-refractivity contribution in [2.24, 2.45) is 29.1 Å². The number of cyclic esters (lactones) is 1. The van der Waals surface area contributed by atoms with Gasteiger partial charge in [-0.2, -0.15) is 0 Å². The lowest BCUT2D eigenvalue weighted by Crippen LogP contribution is -2.66. The highest BCUT2D eigenvalue weighted by Gasteiger charge is 2.79. The Morgan fingerprint density at radius 1 is 1.10 bits per heavy atom. The number of esters is 3. The van der Waals surface area contributed by atoms with Gasteiger partial charge in [0.1, 0.15) is 30.0 Å². The smallest absolute Gasteiger partial charge is 0.334 e. The van der Waals surface area contributed by atoms with Crippen LogP contribution in [0.2, 0.25) is 0 Å². The highest BCUT2D eigenvalue weighted by Crippen LogP contribution is 2.73. The molecule has 0 radical (unpaired) electrons. The normalized spacial score (nSPS) is 53.8. The molecule has 4 aliphatic heterocycles. The Hall–Kier alpha value is -1.97. The van der Waals surface area contributed by atoms with Gasteiger partial charge in [-0.05, 0) is 76.7 Å². The van der Waals surface area contributed by atoms with Crippen molar-refractivity contribution in [1.82, 2.24) is 0 Å². The van der Waals surface area contributed by atoms with Crippen molar-refractivity contribution in [3.05, 3.63) is 11.6 Å². The summed E-state index contributed by atoms with van der Waals surface area (Å²) in [4.78, 5) is 37.3. The third-order valence-electron chi connectivity index (χ3n) is 12.5. The van der Waals surface area contributed by atoms with E-state index in [4.69, 9.17) is 23.7 Å². The largest absolute Gasteiger partial charge is 0.462 e. The van der Waals surface area contributed by atoms with Crippen LogP contribution in [0, 0.1) is 29.1 Å². The summed E-state index contributed by atoms with van der Waals surface area (Å²) in [7, 11) is 0. The lowest BCUT2D eigenvalue weighted by atomic mass is 9.51. The van der Waals surface area contributed by atoms with Gasteiger partial charge < -0.3 is 28.8 Å². The van der Waals surface area contributed by atoms with E-state index in [0.717, 1.165) is 0 Å². The van der Waals surface area contributed by atoms with E-state index >= 15 is 0 Å². The van der Waals surface area contributed by atoms with Crippen LogP contribution in [0.15, 0.2) is 11.6 Å². The lowest BCUT2D eigenvalue weighted by molar-refractivity contribution is -0.255. The maximum Gasteiger partial charge on any atom is 0.334 e. The highest BCUT2D eigenvalue weighted by molar-refractivity contribution is 5.90. The second-order valence-corrected chi connectivity index (χ2v) is 14.6. The minimum absolute atomic E-state index is 0.0577. The van der Waals surface area contributed by atoms with Crippen LogP contribution < -0.4 is 0 Å². The van der Waals surface area contributed by atoms with E-state index in [0.29, 0.717) is 44.1 Å². The Morgan fingerprint density at radius 2 is 1.82 bits per heavy atom. The number of fused-ring (bicyclic) bond motifs is 2. The van der Waals surface area contributed by atoms with Gasteiger partial charge in [0, 0.05) is 30.3 Å². The van der Waals surface area contributed by atoms with Crippen LogP contribution in [0.4, 0.5) is 0 Å². The van der Waals surface area contributed by atoms with Crippen LogP contribution in [-0.4, -0.2) is 69.8 Å². The fourth-order valence-corrected chi connectivity index (χ4v) is 11.0. The van der Waals surface area contributed by atoms with E-state index in [9.17, 15) is 19.5 Å². The standard InChI is InChI=1S/C31H42O9/c1-15-11-19(37-26(15)34)25-16(2)18-12-22(36-17(3)32)28(6)21-8-7-20-27(4,5)38-23-13-24(33)39-30(20,23)14-29(21,35)9-10-31(18,28)40-25/h11,16,18-23,25,35H,7-10,12-14H2,1-6H3/t16-,18-,19+,20+,21+,22+,23-,25-,28+,29+,30-,31+/m1/s1. The number of hydrogen-bond donors (Lipinski definition) is 1. The summed E-state index contributed by atoms with van der Waals surface area (Å²) in [5.41, 5.74) is -3.28. The SMILES string of the molecule is CC(=O)O[C@H]1C[C@@H]2[C@@H](C)[C@H]([C@@H]3C=C(C)C(=O)O3)O[C@@]23CC[C@]2(O)C[C@]45OC(=O)C[C@H]4OC(C)(C)[C@@H]5CC[C@H]2[C@@]13C. The molecule has 0 amide bonds. The molecule has 0 unspecified atom stereocenters. The van der Waals surface area contributed by atoms with Crippen LogP contribution in [0.25, 0.3) is 0 Å². The average Bonchev–Trinajstić information content (AvgIpc) is 3.51. The predicted octanol–water partition coefficient (Wildman–Crippen LogP) is 3.39. The van der Waals surface area contributed by atoms with Crippen LogP contribution in [-0.2, 0) is 38.1 Å². The van der Waals surface area contributed by atoms with Crippen molar-refractivity contribution < 1.29 is 43.2 Å². The molecular formula is C31H42O9. The Balaban J connectivity index is 1.31. The molecule has 6 fully saturated rings. The number of ether oxygens (including phenoxy) is 5. The Labute approximate surface area is 235 Å². The van der Waals surface area contributed by atoms with E-state index in [1.54, 1.807) is 6.92 Å². The van der Waals surface area contributed by atoms with Crippen LogP contribution in [0.5, 0.6) is 0 Å². The number of carbonyl (C=O) groups excluding carboxylic acids is 3. The molecule has 12 atom stereocenters. The van der Waals surface area contributed by atoms with Crippen LogP contribution in [0.1, 0.15) is 86.5 Å². The third-order valence-corrected chi connectivity index (χ3v) is 12.5. The van der Waals surface area contributed by atoms with Gasteiger partial charge in [0.05, 0.1) is 23.2 Å². The minimum Gasteiger partial charge on any atom is -0.462 e. The lowest BCUT2D eigenvalue weighted by Gasteiger charge is -2.59. The molecular weight excluding hydrogens is 516 g/mol.